The third kappa shape index (κ3) is 5.78. The SMILES string of the molecule is CCCC(=O)OCCCN1CCCCC1. The standard InChI is InChI=1S/C12H23NO2/c1-2-7-12(14)15-11-6-10-13-8-4-3-5-9-13/h2-11H2,1H3. The van der Waals surface area contributed by atoms with Crippen molar-refractivity contribution in [1.82, 2.24) is 4.90 Å². The summed E-state index contributed by atoms with van der Waals surface area (Å²) >= 11 is 0. The minimum atomic E-state index is -0.0452. The molecule has 1 fully saturated rings. The van der Waals surface area contributed by atoms with Crippen molar-refractivity contribution in [3.63, 3.8) is 0 Å². The number of nitrogens with zero attached hydrogens (tertiary/aromatic N) is 1. The van der Waals surface area contributed by atoms with Gasteiger partial charge in [0.2, 0.25) is 0 Å². The number of esters is 1. The molecule has 3 heteroatoms. The van der Waals surface area contributed by atoms with Gasteiger partial charge in [-0.2, -0.15) is 0 Å². The first-order chi connectivity index (χ1) is 7.33. The van der Waals surface area contributed by atoms with E-state index in [-0.39, 0.29) is 5.97 Å². The van der Waals surface area contributed by atoms with Gasteiger partial charge in [0.1, 0.15) is 0 Å². The Labute approximate surface area is 92.8 Å². The number of piperidine rings is 1. The zero-order valence-corrected chi connectivity index (χ0v) is 9.83. The summed E-state index contributed by atoms with van der Waals surface area (Å²) in [5, 5.41) is 0. The molecule has 1 aliphatic heterocycles. The van der Waals surface area contributed by atoms with Gasteiger partial charge in [-0.3, -0.25) is 4.79 Å². The summed E-state index contributed by atoms with van der Waals surface area (Å²) in [6, 6.07) is 0. The fourth-order valence-electron chi connectivity index (χ4n) is 1.93. The molecule has 0 aliphatic carbocycles. The number of carbonyl (C=O) groups is 1. The minimum Gasteiger partial charge on any atom is -0.466 e. The van der Waals surface area contributed by atoms with Crippen molar-refractivity contribution >= 4 is 5.97 Å². The van der Waals surface area contributed by atoms with E-state index in [4.69, 9.17) is 4.74 Å². The first kappa shape index (κ1) is 12.5. The minimum absolute atomic E-state index is 0.0452. The Kier molecular flexibility index (Phi) is 6.41. The number of rotatable bonds is 6. The molecule has 1 heterocycles. The van der Waals surface area contributed by atoms with Crippen LogP contribution >= 0.6 is 0 Å². The van der Waals surface area contributed by atoms with Gasteiger partial charge in [-0.1, -0.05) is 13.3 Å². The van der Waals surface area contributed by atoms with Crippen LogP contribution in [0.1, 0.15) is 45.4 Å². The van der Waals surface area contributed by atoms with Crippen LogP contribution in [0.15, 0.2) is 0 Å². The van der Waals surface area contributed by atoms with Gasteiger partial charge < -0.3 is 9.64 Å². The molecule has 0 amide bonds. The molecule has 0 aromatic carbocycles. The van der Waals surface area contributed by atoms with Crippen LogP contribution in [0.25, 0.3) is 0 Å². The lowest BCUT2D eigenvalue weighted by Gasteiger charge is -2.26. The number of hydrogen-bond donors (Lipinski definition) is 0. The molecule has 0 unspecified atom stereocenters. The van der Waals surface area contributed by atoms with Crippen LogP contribution in [0.4, 0.5) is 0 Å². The van der Waals surface area contributed by atoms with Gasteiger partial charge in [-0.05, 0) is 38.8 Å². The molecule has 1 rings (SSSR count). The van der Waals surface area contributed by atoms with Crippen LogP contribution in [0.3, 0.4) is 0 Å². The Bertz CT molecular complexity index is 176. The Morgan fingerprint density at radius 1 is 1.27 bits per heavy atom. The number of ether oxygens (including phenoxy) is 1. The first-order valence-electron chi connectivity index (χ1n) is 6.21. The maximum atomic E-state index is 11.1. The Morgan fingerprint density at radius 2 is 2.00 bits per heavy atom. The van der Waals surface area contributed by atoms with Crippen LogP contribution in [0, 0.1) is 0 Å². The molecule has 0 radical (unpaired) electrons. The Balaban J connectivity index is 1.93. The van der Waals surface area contributed by atoms with E-state index >= 15 is 0 Å². The second-order valence-corrected chi connectivity index (χ2v) is 4.23. The molecule has 88 valence electrons. The van der Waals surface area contributed by atoms with Crippen LogP contribution < -0.4 is 0 Å². The van der Waals surface area contributed by atoms with Gasteiger partial charge in [0.15, 0.2) is 0 Å². The van der Waals surface area contributed by atoms with E-state index in [1.165, 1.54) is 32.4 Å². The average Bonchev–Trinajstić information content (AvgIpc) is 2.26. The summed E-state index contributed by atoms with van der Waals surface area (Å²) < 4.78 is 5.11. The summed E-state index contributed by atoms with van der Waals surface area (Å²) in [4.78, 5) is 13.5. The number of carbonyl (C=O) groups excluding carboxylic acids is 1. The summed E-state index contributed by atoms with van der Waals surface area (Å²) in [5.74, 6) is -0.0452. The molecule has 3 nitrogen and oxygen atoms in total. The lowest BCUT2D eigenvalue weighted by atomic mass is 10.1. The summed E-state index contributed by atoms with van der Waals surface area (Å²) in [5.41, 5.74) is 0. The number of likely N-dealkylation sites (tertiary alicyclic amines) is 1. The maximum Gasteiger partial charge on any atom is 0.305 e. The molecule has 0 N–H and O–H groups in total. The fraction of sp³-hybridized carbons (Fsp3) is 0.917. The highest BCUT2D eigenvalue weighted by Gasteiger charge is 2.09. The van der Waals surface area contributed by atoms with E-state index in [1.54, 1.807) is 0 Å². The normalized spacial score (nSPS) is 17.7. The van der Waals surface area contributed by atoms with Crippen molar-refractivity contribution in [3.05, 3.63) is 0 Å². The van der Waals surface area contributed by atoms with Gasteiger partial charge >= 0.3 is 5.97 Å². The van der Waals surface area contributed by atoms with Crippen molar-refractivity contribution in [2.45, 2.75) is 45.4 Å². The third-order valence-corrected chi connectivity index (χ3v) is 2.78. The van der Waals surface area contributed by atoms with Gasteiger partial charge in [-0.15, -0.1) is 0 Å². The quantitative estimate of drug-likeness (QED) is 0.500. The monoisotopic (exact) mass is 213 g/mol. The van der Waals surface area contributed by atoms with E-state index in [9.17, 15) is 4.79 Å². The number of hydrogen-bond acceptors (Lipinski definition) is 3. The van der Waals surface area contributed by atoms with Crippen LogP contribution in [0.5, 0.6) is 0 Å². The predicted octanol–water partition coefficient (Wildman–Crippen LogP) is 2.21. The van der Waals surface area contributed by atoms with Crippen LogP contribution in [-0.4, -0.2) is 37.1 Å². The average molecular weight is 213 g/mol. The highest BCUT2D eigenvalue weighted by atomic mass is 16.5. The second kappa shape index (κ2) is 7.69. The van der Waals surface area contributed by atoms with Gasteiger partial charge in [0.25, 0.3) is 0 Å². The molecule has 1 aliphatic rings. The van der Waals surface area contributed by atoms with E-state index in [2.05, 4.69) is 4.90 Å². The van der Waals surface area contributed by atoms with Gasteiger partial charge in [-0.25, -0.2) is 0 Å². The highest BCUT2D eigenvalue weighted by Crippen LogP contribution is 2.08. The molecular formula is C12H23NO2. The predicted molar refractivity (Wildman–Crippen MR) is 60.8 cm³/mol. The smallest absolute Gasteiger partial charge is 0.305 e. The molecular weight excluding hydrogens is 190 g/mol. The Hall–Kier alpha value is -0.570. The molecule has 0 atom stereocenters. The van der Waals surface area contributed by atoms with Crippen molar-refractivity contribution in [1.29, 1.82) is 0 Å². The van der Waals surface area contributed by atoms with Crippen molar-refractivity contribution in [3.8, 4) is 0 Å². The molecule has 0 aromatic heterocycles. The van der Waals surface area contributed by atoms with E-state index in [1.807, 2.05) is 6.92 Å². The third-order valence-electron chi connectivity index (χ3n) is 2.78. The van der Waals surface area contributed by atoms with Crippen LogP contribution in [0.2, 0.25) is 0 Å². The zero-order chi connectivity index (χ0) is 10.9. The van der Waals surface area contributed by atoms with E-state index < -0.39 is 0 Å². The van der Waals surface area contributed by atoms with Crippen LogP contribution in [-0.2, 0) is 9.53 Å². The van der Waals surface area contributed by atoms with E-state index in [0.29, 0.717) is 13.0 Å². The van der Waals surface area contributed by atoms with Crippen molar-refractivity contribution in [2.75, 3.05) is 26.2 Å². The lowest BCUT2D eigenvalue weighted by Crippen LogP contribution is -2.31. The summed E-state index contributed by atoms with van der Waals surface area (Å²) in [6.45, 7) is 6.12. The second-order valence-electron chi connectivity index (χ2n) is 4.23. The van der Waals surface area contributed by atoms with Gasteiger partial charge in [0, 0.05) is 13.0 Å². The molecule has 0 saturated carbocycles. The molecule has 0 aromatic rings. The Morgan fingerprint density at radius 3 is 2.67 bits per heavy atom. The topological polar surface area (TPSA) is 29.5 Å². The van der Waals surface area contributed by atoms with Crippen molar-refractivity contribution < 1.29 is 9.53 Å². The van der Waals surface area contributed by atoms with Gasteiger partial charge in [0.05, 0.1) is 6.61 Å². The maximum absolute atomic E-state index is 11.1. The molecule has 0 bridgehead atoms. The summed E-state index contributed by atoms with van der Waals surface area (Å²) in [7, 11) is 0. The lowest BCUT2D eigenvalue weighted by molar-refractivity contribution is -0.143. The zero-order valence-electron chi connectivity index (χ0n) is 9.83. The summed E-state index contributed by atoms with van der Waals surface area (Å²) in [6.07, 6.45) is 6.46. The largest absolute Gasteiger partial charge is 0.466 e. The molecule has 0 spiro atoms. The fourth-order valence-corrected chi connectivity index (χ4v) is 1.93. The first-order valence-corrected chi connectivity index (χ1v) is 6.21. The molecule has 15 heavy (non-hydrogen) atoms. The van der Waals surface area contributed by atoms with Crippen molar-refractivity contribution in [2.24, 2.45) is 0 Å². The van der Waals surface area contributed by atoms with E-state index in [0.717, 1.165) is 19.4 Å². The molecule has 1 saturated heterocycles. The highest BCUT2D eigenvalue weighted by molar-refractivity contribution is 5.69.